The van der Waals surface area contributed by atoms with Crippen LogP contribution in [0, 0.1) is 0 Å². The number of carbonyl (C=O) groups is 3. The molecule has 196 valence electrons. The van der Waals surface area contributed by atoms with Gasteiger partial charge in [0.25, 0.3) is 5.91 Å². The highest BCUT2D eigenvalue weighted by atomic mass is 16.5. The second kappa shape index (κ2) is 10.2. The largest absolute Gasteiger partial charge is 0.478 e. The van der Waals surface area contributed by atoms with Crippen molar-refractivity contribution in [1.29, 1.82) is 0 Å². The van der Waals surface area contributed by atoms with E-state index in [1.165, 1.54) is 18.2 Å². The van der Waals surface area contributed by atoms with Crippen molar-refractivity contribution in [3.05, 3.63) is 109 Å². The fourth-order valence-corrected chi connectivity index (χ4v) is 4.68. The van der Waals surface area contributed by atoms with Crippen molar-refractivity contribution >= 4 is 62.0 Å². The number of carboxylic acids is 1. The Morgan fingerprint density at radius 3 is 2.08 bits per heavy atom. The molecule has 0 saturated heterocycles. The molecule has 9 nitrogen and oxygen atoms in total. The number of hydrogen-bond donors (Lipinski definition) is 3. The summed E-state index contributed by atoms with van der Waals surface area (Å²) in [6, 6.07) is 29.8. The molecule has 0 saturated carbocycles. The van der Waals surface area contributed by atoms with Crippen LogP contribution in [0.1, 0.15) is 10.4 Å². The minimum absolute atomic E-state index is 0.104. The van der Waals surface area contributed by atoms with Crippen molar-refractivity contribution in [1.82, 2.24) is 9.55 Å². The average molecular weight is 531 g/mol. The molecule has 0 bridgehead atoms. The van der Waals surface area contributed by atoms with E-state index in [1.54, 1.807) is 10.6 Å². The monoisotopic (exact) mass is 530 g/mol. The molecule has 2 amide bonds. The van der Waals surface area contributed by atoms with Gasteiger partial charge in [0.15, 0.2) is 6.61 Å². The number of fused-ring (bicyclic) bond motifs is 4. The number of ether oxygens (including phenoxy) is 1. The van der Waals surface area contributed by atoms with Crippen LogP contribution >= 0.6 is 0 Å². The summed E-state index contributed by atoms with van der Waals surface area (Å²) in [5.41, 5.74) is 2.45. The maximum atomic E-state index is 13.5. The second-order valence-electron chi connectivity index (χ2n) is 9.08. The third kappa shape index (κ3) is 4.79. The molecule has 40 heavy (non-hydrogen) atoms. The van der Waals surface area contributed by atoms with Crippen molar-refractivity contribution in [2.24, 2.45) is 0 Å². The Kier molecular flexibility index (Phi) is 6.29. The first kappa shape index (κ1) is 24.6. The molecule has 2 heterocycles. The molecule has 3 N–H and O–H groups in total. The molecule has 0 fully saturated rings. The zero-order chi connectivity index (χ0) is 27.6. The summed E-state index contributed by atoms with van der Waals surface area (Å²) >= 11 is 0. The van der Waals surface area contributed by atoms with E-state index >= 15 is 0 Å². The Bertz CT molecular complexity index is 1890. The molecule has 0 aliphatic carbocycles. The van der Waals surface area contributed by atoms with E-state index in [2.05, 4.69) is 15.6 Å². The Hall–Kier alpha value is -5.70. The number of rotatable bonds is 6. The number of carboxylic acid groups (broad SMARTS) is 1. The maximum absolute atomic E-state index is 13.5. The first-order valence-electron chi connectivity index (χ1n) is 12.4. The summed E-state index contributed by atoms with van der Waals surface area (Å²) < 4.78 is 7.08. The molecule has 9 heteroatoms. The summed E-state index contributed by atoms with van der Waals surface area (Å²) in [5, 5.41) is 17.8. The molecule has 0 aliphatic heterocycles. The molecule has 2 aromatic heterocycles. The predicted molar refractivity (Wildman–Crippen MR) is 153 cm³/mol. The van der Waals surface area contributed by atoms with Crippen LogP contribution in [0.15, 0.2) is 103 Å². The van der Waals surface area contributed by atoms with E-state index in [4.69, 9.17) is 4.74 Å². The number of anilines is 2. The number of para-hydroxylation sites is 3. The lowest BCUT2D eigenvalue weighted by Crippen LogP contribution is -2.22. The van der Waals surface area contributed by atoms with E-state index in [0.717, 1.165) is 21.7 Å². The van der Waals surface area contributed by atoms with Crippen LogP contribution in [0.2, 0.25) is 0 Å². The van der Waals surface area contributed by atoms with Crippen molar-refractivity contribution < 1.29 is 24.2 Å². The van der Waals surface area contributed by atoms with Gasteiger partial charge in [0.2, 0.25) is 5.88 Å². The van der Waals surface area contributed by atoms with Gasteiger partial charge in [0.1, 0.15) is 0 Å². The van der Waals surface area contributed by atoms with Gasteiger partial charge in [-0.15, -0.1) is 0 Å². The van der Waals surface area contributed by atoms with Crippen molar-refractivity contribution in [2.75, 3.05) is 17.2 Å². The highest BCUT2D eigenvalue weighted by Crippen LogP contribution is 2.29. The Morgan fingerprint density at radius 1 is 0.750 bits per heavy atom. The molecule has 6 rings (SSSR count). The van der Waals surface area contributed by atoms with Crippen molar-refractivity contribution in [2.45, 2.75) is 0 Å². The quantitative estimate of drug-likeness (QED) is 0.238. The van der Waals surface area contributed by atoms with E-state index in [0.29, 0.717) is 11.0 Å². The summed E-state index contributed by atoms with van der Waals surface area (Å²) in [4.78, 5) is 42.3. The highest BCUT2D eigenvalue weighted by Gasteiger charge is 2.17. The van der Waals surface area contributed by atoms with Gasteiger partial charge in [-0.2, -0.15) is 0 Å². The smallest absolute Gasteiger partial charge is 0.335 e. The van der Waals surface area contributed by atoms with E-state index < -0.39 is 17.9 Å². The molecule has 4 aromatic carbocycles. The zero-order valence-electron chi connectivity index (χ0n) is 21.0. The number of nitrogens with one attached hydrogen (secondary N) is 2. The topological polar surface area (TPSA) is 123 Å². The number of pyridine rings is 1. The van der Waals surface area contributed by atoms with Gasteiger partial charge in [0, 0.05) is 33.6 Å². The van der Waals surface area contributed by atoms with Crippen LogP contribution in [0.25, 0.3) is 32.7 Å². The number of benzene rings is 4. The molecule has 0 unspecified atom stereocenters. The summed E-state index contributed by atoms with van der Waals surface area (Å²) in [6.45, 7) is -0.342. The van der Waals surface area contributed by atoms with Crippen LogP contribution in [0.3, 0.4) is 0 Å². The number of aromatic nitrogens is 2. The van der Waals surface area contributed by atoms with Crippen LogP contribution in [-0.2, 0) is 4.79 Å². The summed E-state index contributed by atoms with van der Waals surface area (Å²) in [5.74, 6) is -1.44. The Morgan fingerprint density at radius 2 is 1.38 bits per heavy atom. The minimum Gasteiger partial charge on any atom is -0.478 e. The molecule has 0 aliphatic rings. The molecular weight excluding hydrogens is 508 g/mol. The lowest BCUT2D eigenvalue weighted by atomic mass is 10.1. The normalized spacial score (nSPS) is 11.0. The van der Waals surface area contributed by atoms with Crippen LogP contribution in [0.5, 0.6) is 5.88 Å². The summed E-state index contributed by atoms with van der Waals surface area (Å²) in [7, 11) is 0. The van der Waals surface area contributed by atoms with Crippen molar-refractivity contribution in [3.63, 3.8) is 0 Å². The number of nitrogens with zero attached hydrogens (tertiary/aromatic N) is 2. The molecule has 0 spiro atoms. The first-order valence-corrected chi connectivity index (χ1v) is 12.4. The van der Waals surface area contributed by atoms with Gasteiger partial charge >= 0.3 is 12.0 Å². The van der Waals surface area contributed by atoms with Gasteiger partial charge in [-0.3, -0.25) is 9.36 Å². The Balaban J connectivity index is 1.23. The lowest BCUT2D eigenvalue weighted by molar-refractivity contribution is -0.118. The number of amides is 2. The van der Waals surface area contributed by atoms with E-state index in [1.807, 2.05) is 78.9 Å². The minimum atomic E-state index is -1.21. The molecule has 6 aromatic rings. The Labute approximate surface area is 227 Å². The van der Waals surface area contributed by atoms with E-state index in [9.17, 15) is 19.5 Å². The lowest BCUT2D eigenvalue weighted by Gasteiger charge is -2.12. The molecule has 0 radical (unpaired) electrons. The number of carbonyl (C=O) groups excluding carboxylic acids is 2. The molecule has 0 atom stereocenters. The summed E-state index contributed by atoms with van der Waals surface area (Å²) in [6.07, 6.45) is 0. The first-order chi connectivity index (χ1) is 19.5. The van der Waals surface area contributed by atoms with Gasteiger partial charge in [-0.05, 0) is 42.5 Å². The zero-order valence-corrected chi connectivity index (χ0v) is 21.0. The highest BCUT2D eigenvalue weighted by molar-refractivity contribution is 6.15. The third-order valence-corrected chi connectivity index (χ3v) is 6.42. The number of aromatic carboxylic acids is 1. The predicted octanol–water partition coefficient (Wildman–Crippen LogP) is 6.14. The number of hydrogen-bond acceptors (Lipinski definition) is 5. The van der Waals surface area contributed by atoms with Gasteiger partial charge < -0.3 is 20.5 Å². The van der Waals surface area contributed by atoms with Crippen molar-refractivity contribution in [3.8, 4) is 5.88 Å². The van der Waals surface area contributed by atoms with Crippen LogP contribution in [-0.4, -0.2) is 39.2 Å². The fourth-order valence-electron chi connectivity index (χ4n) is 4.68. The van der Waals surface area contributed by atoms with E-state index in [-0.39, 0.29) is 29.4 Å². The average Bonchev–Trinajstić information content (AvgIpc) is 3.30. The maximum Gasteiger partial charge on any atom is 0.335 e. The second-order valence-corrected chi connectivity index (χ2v) is 9.08. The standard InChI is InChI=1S/C31H22N4O5/c36-28(18-40-29-14-13-19-7-1-4-10-25(19)34-29)32-21-15-20(30(37)38)16-22(17-21)33-31(39)35-26-11-5-2-8-23(26)24-9-3-6-12-27(24)35/h1-17H,18H2,(H,32,36)(H,33,39)(H,37,38). The molecular formula is C31H22N4O5. The van der Waals surface area contributed by atoms with Gasteiger partial charge in [0.05, 0.1) is 22.1 Å². The SMILES string of the molecule is O=C(COc1ccc2ccccc2n1)Nc1cc(NC(=O)n2c3ccccc3c3ccccc32)cc(C(=O)O)c1. The third-order valence-electron chi connectivity index (χ3n) is 6.42. The van der Waals surface area contributed by atoms with Crippen LogP contribution in [0.4, 0.5) is 16.2 Å². The van der Waals surface area contributed by atoms with Crippen LogP contribution < -0.4 is 15.4 Å². The van der Waals surface area contributed by atoms with Gasteiger partial charge in [-0.25, -0.2) is 14.6 Å². The van der Waals surface area contributed by atoms with Gasteiger partial charge in [-0.1, -0.05) is 54.6 Å². The fraction of sp³-hybridized carbons (Fsp3) is 0.0323.